The molecule has 6 heteroatoms. The van der Waals surface area contributed by atoms with E-state index in [1.165, 1.54) is 0 Å². The highest BCUT2D eigenvalue weighted by atomic mass is 16.6. The first kappa shape index (κ1) is 12.6. The average Bonchev–Trinajstić information content (AvgIpc) is 2.69. The summed E-state index contributed by atoms with van der Waals surface area (Å²) >= 11 is 0. The maximum atomic E-state index is 10.9. The van der Waals surface area contributed by atoms with Crippen molar-refractivity contribution >= 4 is 5.97 Å². The van der Waals surface area contributed by atoms with Crippen molar-refractivity contribution < 1.29 is 14.1 Å². The fraction of sp³-hybridized carbons (Fsp3) is 0.625. The molecule has 0 saturated heterocycles. The van der Waals surface area contributed by atoms with Gasteiger partial charge in [-0.15, -0.1) is 0 Å². The molecule has 0 radical (unpaired) electrons. The predicted molar refractivity (Wildman–Crippen MR) is 49.5 cm³/mol. The maximum Gasteiger partial charge on any atom is 0.397 e. The molecule has 0 aliphatic carbocycles. The van der Waals surface area contributed by atoms with Gasteiger partial charge in [0.25, 0.3) is 0 Å². The maximum absolute atomic E-state index is 10.9. The van der Waals surface area contributed by atoms with E-state index in [-0.39, 0.29) is 24.9 Å². The summed E-state index contributed by atoms with van der Waals surface area (Å²) in [6.07, 6.45) is 0. The van der Waals surface area contributed by atoms with Gasteiger partial charge >= 0.3 is 11.9 Å². The van der Waals surface area contributed by atoms with Gasteiger partial charge < -0.3 is 15.0 Å². The normalized spacial score (nSPS) is 8.86. The molecule has 0 atom stereocenters. The number of ether oxygens (including phenoxy) is 1. The third-order valence-electron chi connectivity index (χ3n) is 1.10. The number of aromatic nitrogens is 2. The van der Waals surface area contributed by atoms with E-state index >= 15 is 0 Å². The zero-order chi connectivity index (χ0) is 11.0. The van der Waals surface area contributed by atoms with E-state index in [0.29, 0.717) is 0 Å². The molecule has 1 heterocycles. The van der Waals surface area contributed by atoms with Crippen molar-refractivity contribution in [3.63, 3.8) is 0 Å². The molecule has 1 aromatic rings. The number of hydrogen-bond donors (Lipinski definition) is 1. The first-order chi connectivity index (χ1) is 6.77. The molecule has 0 amide bonds. The fourth-order valence-corrected chi connectivity index (χ4v) is 0.613. The Hall–Kier alpha value is -1.43. The third-order valence-corrected chi connectivity index (χ3v) is 1.10. The summed E-state index contributed by atoms with van der Waals surface area (Å²) in [4.78, 5) is 14.6. The summed E-state index contributed by atoms with van der Waals surface area (Å²) in [5.74, 6) is -0.486. The van der Waals surface area contributed by atoms with Crippen LogP contribution in [0, 0.1) is 0 Å². The molecule has 1 aromatic heterocycles. The van der Waals surface area contributed by atoms with Crippen LogP contribution in [-0.4, -0.2) is 22.7 Å². The Morgan fingerprint density at radius 2 is 2.21 bits per heavy atom. The van der Waals surface area contributed by atoms with Gasteiger partial charge in [-0.05, 0) is 6.92 Å². The average molecular weight is 201 g/mol. The molecule has 14 heavy (non-hydrogen) atoms. The summed E-state index contributed by atoms with van der Waals surface area (Å²) in [6, 6.07) is 0. The Bertz CT molecular complexity index is 273. The number of carbonyl (C=O) groups excluding carboxylic acids is 1. The monoisotopic (exact) mass is 201 g/mol. The second-order valence-corrected chi connectivity index (χ2v) is 1.94. The standard InChI is InChI=1S/C6H9N3O3.C2H6/c1-2-11-6(10)5-8-4(3-7)9-12-5;1-2/h2-3,7H2,1H3;1-2H3. The number of esters is 1. The second-order valence-electron chi connectivity index (χ2n) is 1.94. The minimum Gasteiger partial charge on any atom is -0.459 e. The molecular formula is C8H15N3O3. The SMILES string of the molecule is CC.CCOC(=O)c1nc(CN)no1. The van der Waals surface area contributed by atoms with Gasteiger partial charge in [-0.3, -0.25) is 0 Å². The summed E-state index contributed by atoms with van der Waals surface area (Å²) < 4.78 is 9.16. The van der Waals surface area contributed by atoms with Crippen molar-refractivity contribution in [1.82, 2.24) is 10.1 Å². The van der Waals surface area contributed by atoms with Gasteiger partial charge in [-0.1, -0.05) is 19.0 Å². The van der Waals surface area contributed by atoms with E-state index in [2.05, 4.69) is 19.4 Å². The highest BCUT2D eigenvalue weighted by Gasteiger charge is 2.14. The molecule has 0 unspecified atom stereocenters. The van der Waals surface area contributed by atoms with Crippen LogP contribution in [0.3, 0.4) is 0 Å². The lowest BCUT2D eigenvalue weighted by Gasteiger charge is -1.93. The van der Waals surface area contributed by atoms with Crippen molar-refractivity contribution in [3.05, 3.63) is 11.7 Å². The Kier molecular flexibility index (Phi) is 6.30. The third kappa shape index (κ3) is 3.53. The minimum absolute atomic E-state index is 0.142. The largest absolute Gasteiger partial charge is 0.459 e. The summed E-state index contributed by atoms with van der Waals surface area (Å²) in [5, 5.41) is 3.43. The Morgan fingerprint density at radius 1 is 1.57 bits per heavy atom. The fourth-order valence-electron chi connectivity index (χ4n) is 0.613. The smallest absolute Gasteiger partial charge is 0.397 e. The molecule has 0 fully saturated rings. The predicted octanol–water partition coefficient (Wildman–Crippen LogP) is 0.731. The quantitative estimate of drug-likeness (QED) is 0.725. The van der Waals surface area contributed by atoms with Gasteiger partial charge in [0, 0.05) is 0 Å². The molecule has 6 nitrogen and oxygen atoms in total. The van der Waals surface area contributed by atoms with Crippen molar-refractivity contribution in [2.75, 3.05) is 6.61 Å². The molecule has 0 saturated carbocycles. The Morgan fingerprint density at radius 3 is 2.64 bits per heavy atom. The van der Waals surface area contributed by atoms with E-state index in [1.807, 2.05) is 13.8 Å². The first-order valence-corrected chi connectivity index (χ1v) is 4.47. The number of hydrogen-bond acceptors (Lipinski definition) is 6. The molecule has 0 aliphatic rings. The van der Waals surface area contributed by atoms with Crippen molar-refractivity contribution in [2.45, 2.75) is 27.3 Å². The lowest BCUT2D eigenvalue weighted by molar-refractivity contribution is 0.0470. The molecule has 1 rings (SSSR count). The van der Waals surface area contributed by atoms with E-state index in [0.717, 1.165) is 0 Å². The van der Waals surface area contributed by atoms with Crippen LogP contribution in [0.5, 0.6) is 0 Å². The highest BCUT2D eigenvalue weighted by Crippen LogP contribution is 1.98. The van der Waals surface area contributed by atoms with Crippen molar-refractivity contribution in [2.24, 2.45) is 5.73 Å². The van der Waals surface area contributed by atoms with Crippen LogP contribution in [-0.2, 0) is 11.3 Å². The van der Waals surface area contributed by atoms with Crippen LogP contribution in [0.25, 0.3) is 0 Å². The first-order valence-electron chi connectivity index (χ1n) is 4.47. The van der Waals surface area contributed by atoms with E-state index < -0.39 is 5.97 Å². The van der Waals surface area contributed by atoms with Crippen LogP contribution in [0.2, 0.25) is 0 Å². The van der Waals surface area contributed by atoms with E-state index in [9.17, 15) is 4.79 Å². The van der Waals surface area contributed by atoms with Gasteiger partial charge in [-0.2, -0.15) is 4.98 Å². The van der Waals surface area contributed by atoms with Gasteiger partial charge in [0.2, 0.25) is 0 Å². The van der Waals surface area contributed by atoms with Crippen molar-refractivity contribution in [3.8, 4) is 0 Å². The summed E-state index contributed by atoms with van der Waals surface area (Å²) in [7, 11) is 0. The highest BCUT2D eigenvalue weighted by molar-refractivity contribution is 5.83. The minimum atomic E-state index is -0.621. The molecule has 80 valence electrons. The van der Waals surface area contributed by atoms with E-state index in [1.54, 1.807) is 6.92 Å². The van der Waals surface area contributed by atoms with Gasteiger partial charge in [0.05, 0.1) is 13.2 Å². The van der Waals surface area contributed by atoms with Gasteiger partial charge in [0.1, 0.15) is 0 Å². The lowest BCUT2D eigenvalue weighted by Crippen LogP contribution is -2.05. The molecule has 2 N–H and O–H groups in total. The molecular weight excluding hydrogens is 186 g/mol. The molecule has 0 aromatic carbocycles. The van der Waals surface area contributed by atoms with Crippen LogP contribution in [0.1, 0.15) is 37.3 Å². The molecule has 0 spiro atoms. The summed E-state index contributed by atoms with van der Waals surface area (Å²) in [6.45, 7) is 6.11. The zero-order valence-electron chi connectivity index (χ0n) is 8.61. The van der Waals surface area contributed by atoms with Crippen LogP contribution in [0.4, 0.5) is 0 Å². The van der Waals surface area contributed by atoms with Crippen LogP contribution < -0.4 is 5.73 Å². The summed E-state index contributed by atoms with van der Waals surface area (Å²) in [5.41, 5.74) is 5.20. The lowest BCUT2D eigenvalue weighted by atomic mass is 10.6. The topological polar surface area (TPSA) is 91.2 Å². The zero-order valence-corrected chi connectivity index (χ0v) is 8.61. The van der Waals surface area contributed by atoms with E-state index in [4.69, 9.17) is 5.73 Å². The van der Waals surface area contributed by atoms with Gasteiger partial charge in [0.15, 0.2) is 5.82 Å². The number of nitrogens with zero attached hydrogens (tertiary/aromatic N) is 2. The van der Waals surface area contributed by atoms with Crippen LogP contribution >= 0.6 is 0 Å². The van der Waals surface area contributed by atoms with Crippen molar-refractivity contribution in [1.29, 1.82) is 0 Å². The molecule has 0 aliphatic heterocycles. The van der Waals surface area contributed by atoms with Crippen LogP contribution in [0.15, 0.2) is 4.52 Å². The van der Waals surface area contributed by atoms with Gasteiger partial charge in [-0.25, -0.2) is 4.79 Å². The Labute approximate surface area is 82.4 Å². The molecule has 0 bridgehead atoms. The number of nitrogens with two attached hydrogens (primary N) is 1. The Balaban J connectivity index is 0.000000791. The number of rotatable bonds is 3. The number of carbonyl (C=O) groups is 1. The second kappa shape index (κ2) is 7.02.